The lowest BCUT2D eigenvalue weighted by atomic mass is 10.1. The molecule has 70 valence electrons. The van der Waals surface area contributed by atoms with Crippen LogP contribution in [-0.2, 0) is 4.79 Å². The van der Waals surface area contributed by atoms with Crippen molar-refractivity contribution in [1.29, 1.82) is 5.26 Å². The molecule has 3 nitrogen and oxygen atoms in total. The number of nitriles is 1. The lowest BCUT2D eigenvalue weighted by molar-refractivity contribution is -0.117. The van der Waals surface area contributed by atoms with Crippen molar-refractivity contribution in [3.05, 3.63) is 35.9 Å². The molecule has 0 bridgehead atoms. The van der Waals surface area contributed by atoms with Crippen molar-refractivity contribution in [2.24, 2.45) is 0 Å². The molecule has 0 heterocycles. The summed E-state index contributed by atoms with van der Waals surface area (Å²) in [4.78, 5) is 22.4. The second-order valence-electron chi connectivity index (χ2n) is 2.84. The van der Waals surface area contributed by atoms with Crippen LogP contribution in [0.3, 0.4) is 0 Å². The van der Waals surface area contributed by atoms with E-state index in [-0.39, 0.29) is 24.4 Å². The van der Waals surface area contributed by atoms with Crippen molar-refractivity contribution in [2.45, 2.75) is 12.8 Å². The standard InChI is InChI=1S/C11H9NO2/c12-7-6-10(13)8-11(14)9-4-2-1-3-5-9/h1-5H,6,8H2. The number of rotatable bonds is 4. The van der Waals surface area contributed by atoms with Crippen LogP contribution in [0, 0.1) is 11.3 Å². The highest BCUT2D eigenvalue weighted by Crippen LogP contribution is 2.04. The fraction of sp³-hybridized carbons (Fsp3) is 0.182. The van der Waals surface area contributed by atoms with Crippen LogP contribution in [-0.4, -0.2) is 11.6 Å². The van der Waals surface area contributed by atoms with E-state index in [4.69, 9.17) is 5.26 Å². The Bertz CT molecular complexity index is 376. The fourth-order valence-electron chi connectivity index (χ4n) is 1.06. The third-order valence-electron chi connectivity index (χ3n) is 1.73. The zero-order chi connectivity index (χ0) is 10.4. The van der Waals surface area contributed by atoms with Crippen LogP contribution in [0.25, 0.3) is 0 Å². The Morgan fingerprint density at radius 3 is 2.43 bits per heavy atom. The lowest BCUT2D eigenvalue weighted by Gasteiger charge is -1.97. The number of hydrogen-bond donors (Lipinski definition) is 0. The van der Waals surface area contributed by atoms with Crippen LogP contribution >= 0.6 is 0 Å². The zero-order valence-electron chi connectivity index (χ0n) is 7.56. The van der Waals surface area contributed by atoms with Gasteiger partial charge in [0.1, 0.15) is 0 Å². The first-order valence-electron chi connectivity index (χ1n) is 4.21. The highest BCUT2D eigenvalue weighted by molar-refractivity contribution is 6.08. The molecule has 0 saturated carbocycles. The van der Waals surface area contributed by atoms with Crippen molar-refractivity contribution in [2.75, 3.05) is 0 Å². The molecule has 0 amide bonds. The first-order chi connectivity index (χ1) is 6.74. The van der Waals surface area contributed by atoms with Crippen molar-refractivity contribution >= 4 is 11.6 Å². The smallest absolute Gasteiger partial charge is 0.170 e. The first-order valence-corrected chi connectivity index (χ1v) is 4.21. The molecule has 0 aliphatic rings. The summed E-state index contributed by atoms with van der Waals surface area (Å²) in [6, 6.07) is 10.3. The van der Waals surface area contributed by atoms with E-state index in [0.29, 0.717) is 5.56 Å². The van der Waals surface area contributed by atoms with Gasteiger partial charge < -0.3 is 0 Å². The first kappa shape index (κ1) is 10.1. The normalized spacial score (nSPS) is 9.07. The van der Waals surface area contributed by atoms with E-state index in [2.05, 4.69) is 0 Å². The molecule has 14 heavy (non-hydrogen) atoms. The number of carbonyl (C=O) groups excluding carboxylic acids is 2. The minimum Gasteiger partial charge on any atom is -0.298 e. The van der Waals surface area contributed by atoms with Gasteiger partial charge in [0.2, 0.25) is 0 Å². The van der Waals surface area contributed by atoms with E-state index < -0.39 is 0 Å². The SMILES string of the molecule is N#CCC(=O)CC(=O)c1ccccc1. The molecule has 3 heteroatoms. The van der Waals surface area contributed by atoms with Gasteiger partial charge >= 0.3 is 0 Å². The van der Waals surface area contributed by atoms with Gasteiger partial charge in [0.15, 0.2) is 11.6 Å². The predicted molar refractivity (Wildman–Crippen MR) is 50.6 cm³/mol. The average molecular weight is 187 g/mol. The van der Waals surface area contributed by atoms with Crippen LogP contribution in [0.15, 0.2) is 30.3 Å². The largest absolute Gasteiger partial charge is 0.298 e. The maximum Gasteiger partial charge on any atom is 0.170 e. The summed E-state index contributed by atoms with van der Waals surface area (Å²) in [6.45, 7) is 0. The van der Waals surface area contributed by atoms with Gasteiger partial charge in [0, 0.05) is 5.56 Å². The average Bonchev–Trinajstić information content (AvgIpc) is 2.19. The highest BCUT2D eigenvalue weighted by atomic mass is 16.1. The molecule has 0 atom stereocenters. The van der Waals surface area contributed by atoms with Crippen molar-refractivity contribution in [3.8, 4) is 6.07 Å². The van der Waals surface area contributed by atoms with E-state index in [9.17, 15) is 9.59 Å². The molecule has 0 spiro atoms. The van der Waals surface area contributed by atoms with Crippen molar-refractivity contribution in [1.82, 2.24) is 0 Å². The fourth-order valence-corrected chi connectivity index (χ4v) is 1.06. The number of ketones is 2. The number of carbonyl (C=O) groups is 2. The Labute approximate surface area is 82.0 Å². The van der Waals surface area contributed by atoms with Crippen LogP contribution < -0.4 is 0 Å². The van der Waals surface area contributed by atoms with E-state index >= 15 is 0 Å². The summed E-state index contributed by atoms with van der Waals surface area (Å²) in [5.41, 5.74) is 0.513. The summed E-state index contributed by atoms with van der Waals surface area (Å²) < 4.78 is 0. The molecular weight excluding hydrogens is 178 g/mol. The van der Waals surface area contributed by atoms with Crippen LogP contribution in [0.2, 0.25) is 0 Å². The van der Waals surface area contributed by atoms with Crippen LogP contribution in [0.1, 0.15) is 23.2 Å². The maximum atomic E-state index is 11.4. The molecule has 0 aliphatic heterocycles. The summed E-state index contributed by atoms with van der Waals surface area (Å²) >= 11 is 0. The second kappa shape index (κ2) is 4.93. The number of nitrogens with zero attached hydrogens (tertiary/aromatic N) is 1. The van der Waals surface area contributed by atoms with E-state index in [1.807, 2.05) is 0 Å². The van der Waals surface area contributed by atoms with Crippen LogP contribution in [0.5, 0.6) is 0 Å². The summed E-state index contributed by atoms with van der Waals surface area (Å²) in [5, 5.41) is 8.24. The van der Waals surface area contributed by atoms with Crippen molar-refractivity contribution < 1.29 is 9.59 Å². The van der Waals surface area contributed by atoms with Crippen LogP contribution in [0.4, 0.5) is 0 Å². The monoisotopic (exact) mass is 187 g/mol. The molecule has 1 aromatic rings. The third-order valence-corrected chi connectivity index (χ3v) is 1.73. The molecule has 0 unspecified atom stereocenters. The molecule has 1 aromatic carbocycles. The van der Waals surface area contributed by atoms with Crippen molar-refractivity contribution in [3.63, 3.8) is 0 Å². The minimum atomic E-state index is -0.332. The molecule has 0 radical (unpaired) electrons. The van der Waals surface area contributed by atoms with Gasteiger partial charge in [0.25, 0.3) is 0 Å². The molecule has 0 aliphatic carbocycles. The van der Waals surface area contributed by atoms with Gasteiger partial charge in [-0.25, -0.2) is 0 Å². The van der Waals surface area contributed by atoms with E-state index in [1.165, 1.54) is 0 Å². The number of Topliss-reactive ketones (excluding diaryl/α,β-unsaturated/α-hetero) is 2. The summed E-state index contributed by atoms with van der Waals surface area (Å²) in [6.07, 6.45) is -0.379. The number of benzene rings is 1. The topological polar surface area (TPSA) is 57.9 Å². The van der Waals surface area contributed by atoms with Gasteiger partial charge in [0.05, 0.1) is 18.9 Å². The Morgan fingerprint density at radius 2 is 1.86 bits per heavy atom. The molecule has 0 fully saturated rings. The van der Waals surface area contributed by atoms with Gasteiger partial charge in [-0.3, -0.25) is 9.59 Å². The summed E-state index contributed by atoms with van der Waals surface area (Å²) in [7, 11) is 0. The van der Waals surface area contributed by atoms with Gasteiger partial charge in [-0.15, -0.1) is 0 Å². The van der Waals surface area contributed by atoms with E-state index in [0.717, 1.165) is 0 Å². The molecule has 0 aromatic heterocycles. The van der Waals surface area contributed by atoms with E-state index in [1.54, 1.807) is 36.4 Å². The molecule has 0 N–H and O–H groups in total. The lowest BCUT2D eigenvalue weighted by Crippen LogP contribution is -2.07. The third kappa shape index (κ3) is 2.83. The summed E-state index contributed by atoms with van der Waals surface area (Å²) in [5.74, 6) is -0.563. The Kier molecular flexibility index (Phi) is 3.57. The van der Waals surface area contributed by atoms with Gasteiger partial charge in [-0.2, -0.15) is 5.26 Å². The Hall–Kier alpha value is -1.95. The van der Waals surface area contributed by atoms with Gasteiger partial charge in [-0.1, -0.05) is 30.3 Å². The minimum absolute atomic E-state index is 0.183. The quantitative estimate of drug-likeness (QED) is 0.533. The predicted octanol–water partition coefficient (Wildman–Crippen LogP) is 1.74. The number of hydrogen-bond acceptors (Lipinski definition) is 3. The Balaban J connectivity index is 2.61. The highest BCUT2D eigenvalue weighted by Gasteiger charge is 2.10. The molecule has 1 rings (SSSR count). The second-order valence-corrected chi connectivity index (χ2v) is 2.84. The van der Waals surface area contributed by atoms with Gasteiger partial charge in [-0.05, 0) is 0 Å². The molecular formula is C11H9NO2. The Morgan fingerprint density at radius 1 is 1.21 bits per heavy atom. The molecule has 0 saturated heterocycles. The maximum absolute atomic E-state index is 11.4. The zero-order valence-corrected chi connectivity index (χ0v) is 7.56.